The summed E-state index contributed by atoms with van der Waals surface area (Å²) in [4.78, 5) is 24.0. The molecule has 2 aliphatic rings. The molecule has 5 rings (SSSR count). The highest BCUT2D eigenvalue weighted by atomic mass is 35.5. The zero-order valence-electron chi connectivity index (χ0n) is 16.9. The molecule has 154 valence electrons. The van der Waals surface area contributed by atoms with Gasteiger partial charge < -0.3 is 4.90 Å². The molecule has 7 heteroatoms. The third-order valence-corrected chi connectivity index (χ3v) is 7.64. The van der Waals surface area contributed by atoms with Crippen LogP contribution < -0.4 is 9.80 Å². The maximum atomic E-state index is 13.7. The lowest BCUT2D eigenvalue weighted by Gasteiger charge is -2.17. The van der Waals surface area contributed by atoms with Crippen molar-refractivity contribution in [2.75, 3.05) is 16.8 Å². The highest BCUT2D eigenvalue weighted by Crippen LogP contribution is 2.50. The largest absolute Gasteiger partial charge is 0.337 e. The van der Waals surface area contributed by atoms with E-state index in [1.165, 1.54) is 11.8 Å². The van der Waals surface area contributed by atoms with Gasteiger partial charge in [-0.3, -0.25) is 9.69 Å². The van der Waals surface area contributed by atoms with Gasteiger partial charge in [0.05, 0.1) is 22.1 Å². The van der Waals surface area contributed by atoms with Gasteiger partial charge in [-0.2, -0.15) is 0 Å². The van der Waals surface area contributed by atoms with Crippen LogP contribution in [0.2, 0.25) is 5.02 Å². The second-order valence-electron chi connectivity index (χ2n) is 7.22. The number of benzene rings is 3. The number of aryl methyl sites for hydroxylation is 1. The highest BCUT2D eigenvalue weighted by molar-refractivity contribution is 8.20. The molecule has 4 nitrogen and oxygen atoms in total. The third kappa shape index (κ3) is 3.76. The van der Waals surface area contributed by atoms with Crippen molar-refractivity contribution >= 4 is 63.3 Å². The van der Waals surface area contributed by atoms with Gasteiger partial charge >= 0.3 is 0 Å². The number of nitrogens with zero attached hydrogens (tertiary/aromatic N) is 3. The minimum absolute atomic E-state index is 0.0708. The van der Waals surface area contributed by atoms with Gasteiger partial charge in [0, 0.05) is 17.0 Å². The molecule has 0 aliphatic carbocycles. The monoisotopic (exact) mass is 463 g/mol. The van der Waals surface area contributed by atoms with Crippen molar-refractivity contribution in [1.29, 1.82) is 0 Å². The van der Waals surface area contributed by atoms with E-state index < -0.39 is 0 Å². The molecule has 0 spiro atoms. The Morgan fingerprint density at radius 3 is 2.52 bits per heavy atom. The Balaban J connectivity index is 1.63. The van der Waals surface area contributed by atoms with Crippen molar-refractivity contribution in [3.8, 4) is 0 Å². The molecule has 0 atom stereocenters. The first-order valence-corrected chi connectivity index (χ1v) is 11.7. The normalized spacial score (nSPS) is 19.5. The molecule has 0 radical (unpaired) electrons. The number of halogens is 1. The van der Waals surface area contributed by atoms with E-state index in [2.05, 4.69) is 17.0 Å². The Labute approximate surface area is 194 Å². The number of rotatable bonds is 2. The van der Waals surface area contributed by atoms with Crippen LogP contribution in [0.4, 0.5) is 17.1 Å². The zero-order valence-corrected chi connectivity index (χ0v) is 19.3. The number of amides is 1. The summed E-state index contributed by atoms with van der Waals surface area (Å²) in [5, 5.41) is 2.15. The summed E-state index contributed by atoms with van der Waals surface area (Å²) < 4.78 is 0. The third-order valence-electron chi connectivity index (χ3n) is 5.01. The Bertz CT molecular complexity index is 1270. The molecule has 0 saturated carbocycles. The van der Waals surface area contributed by atoms with Crippen LogP contribution in [-0.4, -0.2) is 18.1 Å². The topological polar surface area (TPSA) is 35.9 Å². The van der Waals surface area contributed by atoms with Gasteiger partial charge in [0.1, 0.15) is 4.91 Å². The van der Waals surface area contributed by atoms with E-state index in [9.17, 15) is 4.79 Å². The number of para-hydroxylation sites is 1. The van der Waals surface area contributed by atoms with Gasteiger partial charge in [-0.05, 0) is 66.7 Å². The maximum absolute atomic E-state index is 13.7. The molecular formula is C24H18ClN3OS2. The fraction of sp³-hybridized carbons (Fsp3) is 0.0833. The van der Waals surface area contributed by atoms with Gasteiger partial charge in [0.15, 0.2) is 5.17 Å². The molecule has 2 aliphatic heterocycles. The standard InChI is InChI=1S/C24H18ClN3OS2/c1-15-7-5-10-18(13-15)28-22(29)21(23-27(2)19-11-3-4-12-20(19)30-23)31-24(28)26-17-9-6-8-16(25)14-17/h3-14H,1-2H3/b23-21-,26-24?. The minimum Gasteiger partial charge on any atom is -0.337 e. The number of anilines is 2. The molecule has 1 fully saturated rings. The molecule has 3 aromatic rings. The van der Waals surface area contributed by atoms with Crippen molar-refractivity contribution in [2.24, 2.45) is 4.99 Å². The molecular weight excluding hydrogens is 446 g/mol. The summed E-state index contributed by atoms with van der Waals surface area (Å²) >= 11 is 9.18. The van der Waals surface area contributed by atoms with Crippen molar-refractivity contribution in [2.45, 2.75) is 11.8 Å². The van der Waals surface area contributed by atoms with Crippen LogP contribution in [-0.2, 0) is 4.79 Å². The first kappa shape index (κ1) is 20.2. The molecule has 0 bridgehead atoms. The number of amidine groups is 1. The van der Waals surface area contributed by atoms with Crippen molar-refractivity contribution in [3.05, 3.63) is 93.3 Å². The summed E-state index contributed by atoms with van der Waals surface area (Å²) in [6, 6.07) is 23.4. The van der Waals surface area contributed by atoms with E-state index in [1.54, 1.807) is 22.7 Å². The van der Waals surface area contributed by atoms with Crippen LogP contribution >= 0.6 is 35.1 Å². The minimum atomic E-state index is -0.0708. The quantitative estimate of drug-likeness (QED) is 0.390. The van der Waals surface area contributed by atoms with Crippen LogP contribution in [0, 0.1) is 6.92 Å². The molecule has 0 N–H and O–H groups in total. The van der Waals surface area contributed by atoms with Crippen LogP contribution in [0.15, 0.2) is 92.6 Å². The second kappa shape index (κ2) is 8.11. The van der Waals surface area contributed by atoms with E-state index in [0.29, 0.717) is 20.8 Å². The van der Waals surface area contributed by atoms with Gasteiger partial charge in [0.2, 0.25) is 0 Å². The fourth-order valence-electron chi connectivity index (χ4n) is 3.53. The fourth-order valence-corrected chi connectivity index (χ4v) is 6.06. The van der Waals surface area contributed by atoms with Gasteiger partial charge in [0.25, 0.3) is 5.91 Å². The summed E-state index contributed by atoms with van der Waals surface area (Å²) in [6.45, 7) is 2.02. The summed E-state index contributed by atoms with van der Waals surface area (Å²) in [6.07, 6.45) is 0. The Kier molecular flexibility index (Phi) is 5.30. The van der Waals surface area contributed by atoms with E-state index in [4.69, 9.17) is 16.6 Å². The lowest BCUT2D eigenvalue weighted by atomic mass is 10.2. The predicted octanol–water partition coefficient (Wildman–Crippen LogP) is 6.83. The molecule has 31 heavy (non-hydrogen) atoms. The molecule has 1 amide bonds. The van der Waals surface area contributed by atoms with Crippen molar-refractivity contribution < 1.29 is 4.79 Å². The number of hydrogen-bond acceptors (Lipinski definition) is 5. The number of carbonyl (C=O) groups is 1. The van der Waals surface area contributed by atoms with Gasteiger partial charge in [-0.25, -0.2) is 4.99 Å². The van der Waals surface area contributed by atoms with E-state index in [1.807, 2.05) is 68.6 Å². The van der Waals surface area contributed by atoms with E-state index >= 15 is 0 Å². The SMILES string of the molecule is Cc1cccc(N2C(=O)/C(=C3/Sc4ccccc4N3C)SC2=Nc2cccc(Cl)c2)c1. The Morgan fingerprint density at radius 2 is 1.74 bits per heavy atom. The second-order valence-corrected chi connectivity index (χ2v) is 9.66. The van der Waals surface area contributed by atoms with Crippen LogP contribution in [0.25, 0.3) is 0 Å². The Morgan fingerprint density at radius 1 is 0.935 bits per heavy atom. The molecule has 1 saturated heterocycles. The smallest absolute Gasteiger partial charge is 0.274 e. The average molecular weight is 464 g/mol. The predicted molar refractivity (Wildman–Crippen MR) is 133 cm³/mol. The number of aliphatic imine (C=N–C) groups is 1. The first-order valence-electron chi connectivity index (χ1n) is 9.69. The lowest BCUT2D eigenvalue weighted by Crippen LogP contribution is -2.29. The van der Waals surface area contributed by atoms with Gasteiger partial charge in [-0.15, -0.1) is 0 Å². The average Bonchev–Trinajstić information content (AvgIpc) is 3.25. The molecule has 3 aromatic carbocycles. The van der Waals surface area contributed by atoms with Crippen LogP contribution in [0.1, 0.15) is 5.56 Å². The van der Waals surface area contributed by atoms with E-state index in [0.717, 1.165) is 26.9 Å². The highest BCUT2D eigenvalue weighted by Gasteiger charge is 2.40. The molecule has 2 heterocycles. The van der Waals surface area contributed by atoms with Crippen molar-refractivity contribution in [1.82, 2.24) is 0 Å². The number of thioether (sulfide) groups is 2. The van der Waals surface area contributed by atoms with Gasteiger partial charge in [-0.1, -0.05) is 53.7 Å². The van der Waals surface area contributed by atoms with Crippen molar-refractivity contribution in [3.63, 3.8) is 0 Å². The van der Waals surface area contributed by atoms with Crippen LogP contribution in [0.3, 0.4) is 0 Å². The molecule has 0 aromatic heterocycles. The zero-order chi connectivity index (χ0) is 21.5. The lowest BCUT2D eigenvalue weighted by molar-refractivity contribution is -0.113. The summed E-state index contributed by atoms with van der Waals surface area (Å²) in [5.74, 6) is -0.0708. The summed E-state index contributed by atoms with van der Waals surface area (Å²) in [5.41, 5.74) is 3.70. The first-order chi connectivity index (χ1) is 15.0. The van der Waals surface area contributed by atoms with Crippen LogP contribution in [0.5, 0.6) is 0 Å². The number of hydrogen-bond donors (Lipinski definition) is 0. The Hall–Kier alpha value is -2.67. The van der Waals surface area contributed by atoms with E-state index in [-0.39, 0.29) is 5.91 Å². The summed E-state index contributed by atoms with van der Waals surface area (Å²) in [7, 11) is 2.00. The number of fused-ring (bicyclic) bond motifs is 1. The maximum Gasteiger partial charge on any atom is 0.274 e. The molecule has 0 unspecified atom stereocenters. The number of carbonyl (C=O) groups excluding carboxylic acids is 1.